The third kappa shape index (κ3) is 3.95. The van der Waals surface area contributed by atoms with E-state index in [2.05, 4.69) is 61.2 Å². The van der Waals surface area contributed by atoms with Crippen LogP contribution in [0.1, 0.15) is 26.3 Å². The highest BCUT2D eigenvalue weighted by Gasteiger charge is 2.18. The van der Waals surface area contributed by atoms with Gasteiger partial charge in [0.1, 0.15) is 0 Å². The van der Waals surface area contributed by atoms with E-state index in [9.17, 15) is 0 Å². The zero-order valence-corrected chi connectivity index (χ0v) is 16.6. The Morgan fingerprint density at radius 3 is 2.27 bits per heavy atom. The molecule has 0 atom stereocenters. The van der Waals surface area contributed by atoms with E-state index in [1.54, 1.807) is 0 Å². The number of rotatable bonds is 4. The molecule has 3 nitrogen and oxygen atoms in total. The van der Waals surface area contributed by atoms with Crippen LogP contribution in [0.4, 0.5) is 0 Å². The van der Waals surface area contributed by atoms with Gasteiger partial charge in [0.15, 0.2) is 11.0 Å². The zero-order chi connectivity index (χ0) is 18.7. The summed E-state index contributed by atoms with van der Waals surface area (Å²) < 4.78 is 2.02. The fourth-order valence-corrected chi connectivity index (χ4v) is 3.36. The van der Waals surface area contributed by atoms with Crippen molar-refractivity contribution >= 4 is 23.4 Å². The molecule has 0 radical (unpaired) electrons. The van der Waals surface area contributed by atoms with Gasteiger partial charge < -0.3 is 0 Å². The number of aromatic nitrogens is 3. The molecule has 0 spiro atoms. The number of halogens is 1. The first-order valence-corrected chi connectivity index (χ1v) is 9.65. The van der Waals surface area contributed by atoms with E-state index in [0.717, 1.165) is 22.2 Å². The molecule has 132 valence electrons. The van der Waals surface area contributed by atoms with E-state index in [4.69, 9.17) is 18.0 Å². The lowest BCUT2D eigenvalue weighted by molar-refractivity contribution is 0.590. The van der Waals surface area contributed by atoms with Crippen LogP contribution in [0.5, 0.6) is 0 Å². The number of thioether (sulfide) groups is 1. The molecule has 0 aliphatic heterocycles. The van der Waals surface area contributed by atoms with Crippen molar-refractivity contribution in [3.05, 3.63) is 59.1 Å². The van der Waals surface area contributed by atoms with Crippen LogP contribution in [0.3, 0.4) is 0 Å². The third-order valence-corrected chi connectivity index (χ3v) is 5.10. The molecular weight excluding hydrogens is 362 g/mol. The SMILES string of the molecule is C#CCSc1nnc(-c2ccc(C(C)(C)C)cc2)n1-c1ccc(Cl)cc1. The first kappa shape index (κ1) is 18.6. The molecule has 2 aromatic carbocycles. The molecule has 0 saturated carbocycles. The summed E-state index contributed by atoms with van der Waals surface area (Å²) in [5.41, 5.74) is 3.35. The smallest absolute Gasteiger partial charge is 0.197 e. The fraction of sp³-hybridized carbons (Fsp3) is 0.238. The summed E-state index contributed by atoms with van der Waals surface area (Å²) in [5.74, 6) is 3.96. The minimum absolute atomic E-state index is 0.107. The van der Waals surface area contributed by atoms with Gasteiger partial charge in [-0.1, -0.05) is 74.3 Å². The molecule has 0 unspecified atom stereocenters. The van der Waals surface area contributed by atoms with E-state index in [0.29, 0.717) is 10.8 Å². The monoisotopic (exact) mass is 381 g/mol. The Balaban J connectivity index is 2.08. The molecular formula is C21H20ClN3S. The van der Waals surface area contributed by atoms with Crippen molar-refractivity contribution in [2.45, 2.75) is 31.3 Å². The Hall–Kier alpha value is -2.22. The van der Waals surface area contributed by atoms with Gasteiger partial charge in [0.2, 0.25) is 0 Å². The average Bonchev–Trinajstić information content (AvgIpc) is 3.04. The Labute approximate surface area is 163 Å². The molecule has 1 aromatic heterocycles. The largest absolute Gasteiger partial charge is 0.270 e. The molecule has 0 N–H and O–H groups in total. The highest BCUT2D eigenvalue weighted by atomic mass is 35.5. The summed E-state index contributed by atoms with van der Waals surface area (Å²) in [6.07, 6.45) is 5.41. The van der Waals surface area contributed by atoms with Gasteiger partial charge >= 0.3 is 0 Å². The third-order valence-electron chi connectivity index (χ3n) is 4.01. The molecule has 0 bridgehead atoms. The van der Waals surface area contributed by atoms with Crippen molar-refractivity contribution in [1.82, 2.24) is 14.8 Å². The minimum Gasteiger partial charge on any atom is -0.270 e. The van der Waals surface area contributed by atoms with Crippen molar-refractivity contribution in [1.29, 1.82) is 0 Å². The quantitative estimate of drug-likeness (QED) is 0.434. The topological polar surface area (TPSA) is 30.7 Å². The maximum Gasteiger partial charge on any atom is 0.197 e. The van der Waals surface area contributed by atoms with Gasteiger partial charge in [-0.05, 0) is 35.2 Å². The number of nitrogens with zero attached hydrogens (tertiary/aromatic N) is 3. The lowest BCUT2D eigenvalue weighted by Crippen LogP contribution is -2.10. The molecule has 0 aliphatic carbocycles. The predicted octanol–water partition coefficient (Wildman–Crippen LogP) is 5.61. The molecule has 3 aromatic rings. The van der Waals surface area contributed by atoms with Gasteiger partial charge in [-0.2, -0.15) is 0 Å². The van der Waals surface area contributed by atoms with Crippen LogP contribution in [0.25, 0.3) is 17.1 Å². The number of hydrogen-bond donors (Lipinski definition) is 0. The Kier molecular flexibility index (Phi) is 5.41. The maximum atomic E-state index is 6.04. The summed E-state index contributed by atoms with van der Waals surface area (Å²) in [7, 11) is 0. The second kappa shape index (κ2) is 7.57. The normalized spacial score (nSPS) is 11.3. The van der Waals surface area contributed by atoms with Crippen LogP contribution >= 0.6 is 23.4 Å². The van der Waals surface area contributed by atoms with Crippen LogP contribution in [0, 0.1) is 12.3 Å². The highest BCUT2D eigenvalue weighted by Crippen LogP contribution is 2.30. The summed E-state index contributed by atoms with van der Waals surface area (Å²) in [6.45, 7) is 6.60. The summed E-state index contributed by atoms with van der Waals surface area (Å²) >= 11 is 7.53. The van der Waals surface area contributed by atoms with Crippen molar-refractivity contribution in [2.75, 3.05) is 5.75 Å². The lowest BCUT2D eigenvalue weighted by atomic mass is 9.87. The fourth-order valence-electron chi connectivity index (χ4n) is 2.60. The summed E-state index contributed by atoms with van der Waals surface area (Å²) in [4.78, 5) is 0. The van der Waals surface area contributed by atoms with Crippen LogP contribution in [0.2, 0.25) is 5.02 Å². The van der Waals surface area contributed by atoms with E-state index in [1.165, 1.54) is 17.3 Å². The first-order valence-electron chi connectivity index (χ1n) is 8.28. The summed E-state index contributed by atoms with van der Waals surface area (Å²) in [6, 6.07) is 16.1. The molecule has 0 amide bonds. The number of hydrogen-bond acceptors (Lipinski definition) is 3. The van der Waals surface area contributed by atoms with E-state index < -0.39 is 0 Å². The Morgan fingerprint density at radius 2 is 1.69 bits per heavy atom. The van der Waals surface area contributed by atoms with Crippen LogP contribution < -0.4 is 0 Å². The first-order chi connectivity index (χ1) is 12.4. The van der Waals surface area contributed by atoms with Crippen LogP contribution in [-0.4, -0.2) is 20.5 Å². The van der Waals surface area contributed by atoms with E-state index >= 15 is 0 Å². The molecule has 1 heterocycles. The van der Waals surface area contributed by atoms with Crippen molar-refractivity contribution in [3.63, 3.8) is 0 Å². The van der Waals surface area contributed by atoms with Gasteiger partial charge in [-0.15, -0.1) is 16.6 Å². The molecule has 3 rings (SSSR count). The second-order valence-corrected chi connectivity index (χ2v) is 8.32. The predicted molar refractivity (Wildman–Crippen MR) is 110 cm³/mol. The van der Waals surface area contributed by atoms with Gasteiger partial charge in [0.05, 0.1) is 5.75 Å². The highest BCUT2D eigenvalue weighted by molar-refractivity contribution is 7.99. The van der Waals surface area contributed by atoms with Crippen molar-refractivity contribution in [3.8, 4) is 29.4 Å². The van der Waals surface area contributed by atoms with Crippen LogP contribution in [-0.2, 0) is 5.41 Å². The maximum absolute atomic E-state index is 6.04. The number of benzene rings is 2. The zero-order valence-electron chi connectivity index (χ0n) is 15.0. The van der Waals surface area contributed by atoms with E-state index in [1.807, 2.05) is 28.8 Å². The van der Waals surface area contributed by atoms with Crippen LogP contribution in [0.15, 0.2) is 53.7 Å². The molecule has 0 saturated heterocycles. The lowest BCUT2D eigenvalue weighted by Gasteiger charge is -2.19. The molecule has 5 heteroatoms. The van der Waals surface area contributed by atoms with Gasteiger partial charge in [-0.25, -0.2) is 0 Å². The van der Waals surface area contributed by atoms with Gasteiger partial charge in [-0.3, -0.25) is 4.57 Å². The minimum atomic E-state index is 0.107. The second-order valence-electron chi connectivity index (χ2n) is 6.94. The molecule has 26 heavy (non-hydrogen) atoms. The van der Waals surface area contributed by atoms with Crippen molar-refractivity contribution in [2.24, 2.45) is 0 Å². The molecule has 0 aliphatic rings. The Morgan fingerprint density at radius 1 is 1.04 bits per heavy atom. The van der Waals surface area contributed by atoms with Gasteiger partial charge in [0, 0.05) is 16.3 Å². The number of terminal acetylenes is 1. The average molecular weight is 382 g/mol. The van der Waals surface area contributed by atoms with Gasteiger partial charge in [0.25, 0.3) is 0 Å². The Bertz CT molecular complexity index is 929. The molecule has 0 fully saturated rings. The van der Waals surface area contributed by atoms with E-state index in [-0.39, 0.29) is 5.41 Å². The standard InChI is InChI=1S/C21H20ClN3S/c1-5-14-26-20-24-23-19(25(20)18-12-10-17(22)11-13-18)15-6-8-16(9-7-15)21(2,3)4/h1,6-13H,14H2,2-4H3. The van der Waals surface area contributed by atoms with Crippen molar-refractivity contribution < 1.29 is 0 Å². The summed E-state index contributed by atoms with van der Waals surface area (Å²) in [5, 5.41) is 10.2.